The number of rotatable bonds is 5. The molecule has 1 amide bonds. The van der Waals surface area contributed by atoms with Crippen LogP contribution in [-0.2, 0) is 14.3 Å². The average molecular weight is 255 g/mol. The normalized spacial score (nSPS) is 25.8. The Balaban J connectivity index is 1.92. The van der Waals surface area contributed by atoms with E-state index in [4.69, 9.17) is 9.84 Å². The Morgan fingerprint density at radius 3 is 2.72 bits per heavy atom. The summed E-state index contributed by atoms with van der Waals surface area (Å²) in [5.41, 5.74) is -1.09. The third-order valence-electron chi connectivity index (χ3n) is 3.93. The summed E-state index contributed by atoms with van der Waals surface area (Å²) in [6.07, 6.45) is 2.99. The number of aliphatic carboxylic acids is 1. The number of nitrogens with zero attached hydrogens (tertiary/aromatic N) is 1. The van der Waals surface area contributed by atoms with Gasteiger partial charge >= 0.3 is 5.97 Å². The van der Waals surface area contributed by atoms with Gasteiger partial charge in [-0.05, 0) is 38.5 Å². The molecular weight excluding hydrogens is 234 g/mol. The van der Waals surface area contributed by atoms with Crippen molar-refractivity contribution in [1.29, 1.82) is 0 Å². The number of carbonyl (C=O) groups is 2. The van der Waals surface area contributed by atoms with Gasteiger partial charge in [-0.15, -0.1) is 0 Å². The fraction of sp³-hybridized carbons (Fsp3) is 0.846. The van der Waals surface area contributed by atoms with Gasteiger partial charge in [-0.1, -0.05) is 0 Å². The van der Waals surface area contributed by atoms with E-state index in [1.54, 1.807) is 4.90 Å². The Morgan fingerprint density at radius 2 is 2.17 bits per heavy atom. The smallest absolute Gasteiger partial charge is 0.319 e. The monoisotopic (exact) mass is 255 g/mol. The zero-order chi connectivity index (χ0) is 13.2. The Labute approximate surface area is 107 Å². The molecule has 5 nitrogen and oxygen atoms in total. The van der Waals surface area contributed by atoms with Crippen molar-refractivity contribution in [1.82, 2.24) is 4.90 Å². The molecule has 0 aromatic carbocycles. The second kappa shape index (κ2) is 5.26. The maximum absolute atomic E-state index is 12.2. The predicted molar refractivity (Wildman–Crippen MR) is 65.1 cm³/mol. The number of carbonyl (C=O) groups excluding carboxylic acids is 1. The molecule has 2 aliphatic rings. The van der Waals surface area contributed by atoms with Crippen LogP contribution in [0.3, 0.4) is 0 Å². The van der Waals surface area contributed by atoms with Gasteiger partial charge in [0.2, 0.25) is 5.91 Å². The van der Waals surface area contributed by atoms with Crippen LogP contribution in [0.2, 0.25) is 0 Å². The molecular formula is C13H21NO4. The summed E-state index contributed by atoms with van der Waals surface area (Å²) in [4.78, 5) is 25.1. The molecule has 0 bridgehead atoms. The van der Waals surface area contributed by atoms with E-state index in [0.717, 1.165) is 12.8 Å². The summed E-state index contributed by atoms with van der Waals surface area (Å²) < 4.78 is 5.40. The summed E-state index contributed by atoms with van der Waals surface area (Å²) in [5, 5.41) is 9.14. The number of likely N-dealkylation sites (tertiary alicyclic amines) is 1. The first kappa shape index (κ1) is 13.3. The molecule has 0 aromatic heterocycles. The number of carboxylic acid groups (broad SMARTS) is 1. The number of ether oxygens (including phenoxy) is 1. The van der Waals surface area contributed by atoms with Crippen molar-refractivity contribution >= 4 is 11.9 Å². The van der Waals surface area contributed by atoms with Gasteiger partial charge in [0.25, 0.3) is 0 Å². The molecule has 5 heteroatoms. The van der Waals surface area contributed by atoms with Gasteiger partial charge < -0.3 is 14.7 Å². The molecule has 18 heavy (non-hydrogen) atoms. The van der Waals surface area contributed by atoms with Crippen molar-refractivity contribution < 1.29 is 19.4 Å². The number of hydrogen-bond donors (Lipinski definition) is 1. The molecule has 1 saturated heterocycles. The van der Waals surface area contributed by atoms with Crippen LogP contribution in [0.4, 0.5) is 0 Å². The van der Waals surface area contributed by atoms with Crippen LogP contribution >= 0.6 is 0 Å². The Morgan fingerprint density at radius 1 is 1.44 bits per heavy atom. The molecule has 0 aromatic rings. The minimum Gasteiger partial charge on any atom is -0.480 e. The van der Waals surface area contributed by atoms with E-state index in [2.05, 4.69) is 0 Å². The Bertz CT molecular complexity index is 338. The van der Waals surface area contributed by atoms with Crippen LogP contribution in [0.25, 0.3) is 0 Å². The van der Waals surface area contributed by atoms with E-state index < -0.39 is 11.4 Å². The molecule has 102 valence electrons. The van der Waals surface area contributed by atoms with E-state index in [-0.39, 0.29) is 5.91 Å². The molecule has 0 spiro atoms. The lowest BCUT2D eigenvalue weighted by atomic mass is 9.96. The molecule has 2 fully saturated rings. The van der Waals surface area contributed by atoms with Crippen molar-refractivity contribution in [2.75, 3.05) is 26.3 Å². The Kier molecular flexibility index (Phi) is 3.90. The average Bonchev–Trinajstić information content (AvgIpc) is 3.17. The summed E-state index contributed by atoms with van der Waals surface area (Å²) in [5.74, 6) is -0.789. The highest BCUT2D eigenvalue weighted by atomic mass is 16.5. The first-order valence-corrected chi connectivity index (χ1v) is 6.70. The highest BCUT2D eigenvalue weighted by Gasteiger charge is 2.58. The molecule has 2 rings (SSSR count). The summed E-state index contributed by atoms with van der Waals surface area (Å²) in [6, 6.07) is 0. The fourth-order valence-electron chi connectivity index (χ4n) is 2.62. The van der Waals surface area contributed by atoms with Crippen LogP contribution in [-0.4, -0.2) is 48.2 Å². The van der Waals surface area contributed by atoms with Crippen molar-refractivity contribution in [3.05, 3.63) is 0 Å². The van der Waals surface area contributed by atoms with E-state index in [1.807, 2.05) is 6.92 Å². The molecule has 0 radical (unpaired) electrons. The topological polar surface area (TPSA) is 66.8 Å². The number of carboxylic acids is 1. The van der Waals surface area contributed by atoms with Gasteiger partial charge in [-0.3, -0.25) is 9.59 Å². The third kappa shape index (κ3) is 2.51. The quantitative estimate of drug-likeness (QED) is 0.748. The third-order valence-corrected chi connectivity index (χ3v) is 3.93. The van der Waals surface area contributed by atoms with Crippen molar-refractivity contribution in [3.63, 3.8) is 0 Å². The van der Waals surface area contributed by atoms with E-state index in [9.17, 15) is 9.59 Å². The fourth-order valence-corrected chi connectivity index (χ4v) is 2.62. The summed E-state index contributed by atoms with van der Waals surface area (Å²) in [7, 11) is 0. The molecule has 1 aliphatic heterocycles. The predicted octanol–water partition coefficient (Wildman–Crippen LogP) is 1.13. The first-order valence-electron chi connectivity index (χ1n) is 6.70. The van der Waals surface area contributed by atoms with Crippen LogP contribution in [0.5, 0.6) is 0 Å². The zero-order valence-electron chi connectivity index (χ0n) is 10.9. The SMILES string of the molecule is CCOC[C@H]1CCCN(C(=O)C2(C(=O)O)CC2)C1. The standard InChI is InChI=1S/C13H21NO4/c1-2-18-9-10-4-3-7-14(8-10)11(15)13(5-6-13)12(16)17/h10H,2-9H2,1H3,(H,16,17)/t10-/m0/s1. The summed E-state index contributed by atoms with van der Waals surface area (Å²) in [6.45, 7) is 4.64. The first-order chi connectivity index (χ1) is 8.60. The molecule has 1 atom stereocenters. The Hall–Kier alpha value is -1.10. The van der Waals surface area contributed by atoms with Gasteiger partial charge in [0.05, 0.1) is 6.61 Å². The largest absolute Gasteiger partial charge is 0.480 e. The highest BCUT2D eigenvalue weighted by Crippen LogP contribution is 2.47. The zero-order valence-corrected chi connectivity index (χ0v) is 10.9. The van der Waals surface area contributed by atoms with Crippen LogP contribution < -0.4 is 0 Å². The maximum atomic E-state index is 12.2. The van der Waals surface area contributed by atoms with E-state index in [0.29, 0.717) is 45.1 Å². The molecule has 0 unspecified atom stereocenters. The van der Waals surface area contributed by atoms with Gasteiger partial charge in [-0.2, -0.15) is 0 Å². The minimum absolute atomic E-state index is 0.184. The van der Waals surface area contributed by atoms with Crippen molar-refractivity contribution in [3.8, 4) is 0 Å². The molecule has 1 heterocycles. The van der Waals surface area contributed by atoms with Gasteiger partial charge in [0.15, 0.2) is 0 Å². The second-order valence-corrected chi connectivity index (χ2v) is 5.31. The number of hydrogen-bond acceptors (Lipinski definition) is 3. The van der Waals surface area contributed by atoms with Crippen LogP contribution in [0.15, 0.2) is 0 Å². The highest BCUT2D eigenvalue weighted by molar-refractivity contribution is 6.04. The minimum atomic E-state index is -1.09. The number of piperidine rings is 1. The van der Waals surface area contributed by atoms with Gasteiger partial charge in [-0.25, -0.2) is 0 Å². The van der Waals surface area contributed by atoms with E-state index >= 15 is 0 Å². The summed E-state index contributed by atoms with van der Waals surface area (Å²) >= 11 is 0. The van der Waals surface area contributed by atoms with Gasteiger partial charge in [0, 0.05) is 19.7 Å². The lowest BCUT2D eigenvalue weighted by Gasteiger charge is -2.34. The van der Waals surface area contributed by atoms with Crippen molar-refractivity contribution in [2.24, 2.45) is 11.3 Å². The van der Waals surface area contributed by atoms with E-state index in [1.165, 1.54) is 0 Å². The lowest BCUT2D eigenvalue weighted by molar-refractivity contribution is -0.154. The maximum Gasteiger partial charge on any atom is 0.319 e. The number of amides is 1. The van der Waals surface area contributed by atoms with Crippen LogP contribution in [0.1, 0.15) is 32.6 Å². The second-order valence-electron chi connectivity index (χ2n) is 5.31. The van der Waals surface area contributed by atoms with Gasteiger partial charge in [0.1, 0.15) is 5.41 Å². The lowest BCUT2D eigenvalue weighted by Crippen LogP contribution is -2.46. The van der Waals surface area contributed by atoms with Crippen LogP contribution in [0, 0.1) is 11.3 Å². The molecule has 1 aliphatic carbocycles. The molecule has 1 N–H and O–H groups in total. The molecule has 1 saturated carbocycles. The van der Waals surface area contributed by atoms with Crippen molar-refractivity contribution in [2.45, 2.75) is 32.6 Å².